The van der Waals surface area contributed by atoms with Gasteiger partial charge in [0.15, 0.2) is 0 Å². The number of primary amides is 1. The molecule has 0 spiro atoms. The molecule has 1 aromatic carbocycles. The molecule has 0 bridgehead atoms. The highest BCUT2D eigenvalue weighted by Gasteiger charge is 2.31. The van der Waals surface area contributed by atoms with Gasteiger partial charge < -0.3 is 11.1 Å². The molecule has 1 aromatic rings. The molecule has 0 aromatic heterocycles. The molecule has 0 unspecified atom stereocenters. The van der Waals surface area contributed by atoms with Gasteiger partial charge in [-0.15, -0.1) is 0 Å². The van der Waals surface area contributed by atoms with Gasteiger partial charge >= 0.3 is 18.0 Å². The fraction of sp³-hybridized carbons (Fsp3) is 0.111. The number of amides is 2. The number of hydrogen-bond acceptors (Lipinski definition) is 2. The maximum Gasteiger partial charge on any atom is 0.416 e. The van der Waals surface area contributed by atoms with E-state index in [4.69, 9.17) is 11.6 Å². The lowest BCUT2D eigenvalue weighted by Crippen LogP contribution is -2.29. The largest absolute Gasteiger partial charge is 0.416 e. The topological polar surface area (TPSA) is 72.2 Å². The number of alkyl halides is 3. The molecule has 2 amide bonds. The van der Waals surface area contributed by atoms with Gasteiger partial charge in [-0.1, -0.05) is 11.6 Å². The average molecular weight is 267 g/mol. The van der Waals surface area contributed by atoms with Crippen LogP contribution in [0.25, 0.3) is 0 Å². The summed E-state index contributed by atoms with van der Waals surface area (Å²) >= 11 is 5.56. The molecule has 1 rings (SSSR count). The highest BCUT2D eigenvalue weighted by Crippen LogP contribution is 2.33. The first kappa shape index (κ1) is 13.3. The minimum absolute atomic E-state index is 0.132. The molecule has 92 valence electrons. The summed E-state index contributed by atoms with van der Waals surface area (Å²) in [4.78, 5) is 21.3. The molecule has 0 fully saturated rings. The fourth-order valence-electron chi connectivity index (χ4n) is 0.981. The van der Waals surface area contributed by atoms with E-state index in [-0.39, 0.29) is 10.7 Å². The Labute approximate surface area is 98.5 Å². The van der Waals surface area contributed by atoms with Crippen LogP contribution in [-0.4, -0.2) is 11.8 Å². The van der Waals surface area contributed by atoms with Crippen molar-refractivity contribution >= 4 is 29.1 Å². The standard InChI is InChI=1S/C9H6ClF3N2O2/c10-5-2-1-4(9(11,12)13)3-6(5)15-8(17)7(14)16/h1-3H,(H2,14,16)(H,15,17). The van der Waals surface area contributed by atoms with E-state index in [9.17, 15) is 22.8 Å². The van der Waals surface area contributed by atoms with E-state index in [1.807, 2.05) is 5.32 Å². The van der Waals surface area contributed by atoms with Gasteiger partial charge in [0.1, 0.15) is 0 Å². The molecule has 3 N–H and O–H groups in total. The summed E-state index contributed by atoms with van der Waals surface area (Å²) in [5.41, 5.74) is 3.31. The summed E-state index contributed by atoms with van der Waals surface area (Å²) in [7, 11) is 0. The van der Waals surface area contributed by atoms with E-state index in [2.05, 4.69) is 5.73 Å². The van der Waals surface area contributed by atoms with Crippen molar-refractivity contribution in [3.05, 3.63) is 28.8 Å². The van der Waals surface area contributed by atoms with E-state index < -0.39 is 23.6 Å². The zero-order valence-electron chi connectivity index (χ0n) is 8.14. The molecule has 0 aliphatic heterocycles. The first-order chi connectivity index (χ1) is 7.71. The molecule has 0 atom stereocenters. The third-order valence-corrected chi connectivity index (χ3v) is 2.10. The van der Waals surface area contributed by atoms with Crippen molar-refractivity contribution < 1.29 is 22.8 Å². The number of hydrogen-bond donors (Lipinski definition) is 2. The van der Waals surface area contributed by atoms with Gasteiger partial charge in [-0.05, 0) is 18.2 Å². The molecule has 0 saturated carbocycles. The van der Waals surface area contributed by atoms with Crippen LogP contribution in [0.5, 0.6) is 0 Å². The van der Waals surface area contributed by atoms with Gasteiger partial charge in [0.05, 0.1) is 16.3 Å². The van der Waals surface area contributed by atoms with Crippen LogP contribution in [0.1, 0.15) is 5.56 Å². The zero-order valence-corrected chi connectivity index (χ0v) is 8.89. The van der Waals surface area contributed by atoms with Gasteiger partial charge in [-0.3, -0.25) is 9.59 Å². The number of carbonyl (C=O) groups excluding carboxylic acids is 2. The minimum Gasteiger partial charge on any atom is -0.361 e. The van der Waals surface area contributed by atoms with Crippen LogP contribution in [0.4, 0.5) is 18.9 Å². The Balaban J connectivity index is 3.07. The number of anilines is 1. The lowest BCUT2D eigenvalue weighted by Gasteiger charge is -2.10. The molecule has 8 heteroatoms. The first-order valence-corrected chi connectivity index (χ1v) is 4.57. The number of nitrogens with one attached hydrogen (secondary N) is 1. The van der Waals surface area contributed by atoms with Gasteiger partial charge in [0.2, 0.25) is 0 Å². The van der Waals surface area contributed by atoms with Crippen LogP contribution in [0, 0.1) is 0 Å². The molecule has 0 saturated heterocycles. The van der Waals surface area contributed by atoms with Crippen LogP contribution in [0.2, 0.25) is 5.02 Å². The number of rotatable bonds is 1. The number of benzene rings is 1. The van der Waals surface area contributed by atoms with Gasteiger partial charge in [0.25, 0.3) is 0 Å². The molecule has 0 heterocycles. The number of halogens is 4. The summed E-state index contributed by atoms with van der Waals surface area (Å²) in [6, 6.07) is 2.33. The Kier molecular flexibility index (Phi) is 3.62. The lowest BCUT2D eigenvalue weighted by atomic mass is 10.2. The zero-order chi connectivity index (χ0) is 13.2. The van der Waals surface area contributed by atoms with E-state index in [0.717, 1.165) is 12.1 Å². The smallest absolute Gasteiger partial charge is 0.361 e. The molecular weight excluding hydrogens is 261 g/mol. The Morgan fingerprint density at radius 3 is 2.35 bits per heavy atom. The molecular formula is C9H6ClF3N2O2. The summed E-state index contributed by atoms with van der Waals surface area (Å²) in [5, 5.41) is 1.74. The quantitative estimate of drug-likeness (QED) is 0.761. The third-order valence-electron chi connectivity index (χ3n) is 1.77. The molecule has 17 heavy (non-hydrogen) atoms. The summed E-state index contributed by atoms with van der Waals surface area (Å²) < 4.78 is 37.0. The summed E-state index contributed by atoms with van der Waals surface area (Å²) in [6.07, 6.45) is -4.57. The first-order valence-electron chi connectivity index (χ1n) is 4.19. The maximum atomic E-state index is 12.3. The van der Waals surface area contributed by atoms with Crippen LogP contribution >= 0.6 is 11.6 Å². The van der Waals surface area contributed by atoms with Gasteiger partial charge in [0, 0.05) is 0 Å². The number of carbonyl (C=O) groups is 2. The Morgan fingerprint density at radius 2 is 1.88 bits per heavy atom. The Hall–Kier alpha value is -1.76. The highest BCUT2D eigenvalue weighted by atomic mass is 35.5. The van der Waals surface area contributed by atoms with E-state index >= 15 is 0 Å². The molecule has 4 nitrogen and oxygen atoms in total. The Bertz CT molecular complexity index is 474. The molecule has 0 aliphatic rings. The lowest BCUT2D eigenvalue weighted by molar-refractivity contribution is -0.137. The van der Waals surface area contributed by atoms with Crippen LogP contribution in [0.15, 0.2) is 18.2 Å². The van der Waals surface area contributed by atoms with E-state index in [1.165, 1.54) is 0 Å². The highest BCUT2D eigenvalue weighted by molar-refractivity contribution is 6.41. The normalized spacial score (nSPS) is 11.1. The van der Waals surface area contributed by atoms with Gasteiger partial charge in [-0.2, -0.15) is 13.2 Å². The van der Waals surface area contributed by atoms with Crippen LogP contribution in [0.3, 0.4) is 0 Å². The second kappa shape index (κ2) is 4.62. The van der Waals surface area contributed by atoms with Crippen molar-refractivity contribution in [2.24, 2.45) is 5.73 Å². The summed E-state index contributed by atoms with van der Waals surface area (Å²) in [5.74, 6) is -2.57. The second-order valence-electron chi connectivity index (χ2n) is 3.01. The van der Waals surface area contributed by atoms with Crippen molar-refractivity contribution in [2.45, 2.75) is 6.18 Å². The minimum atomic E-state index is -4.57. The molecule has 0 radical (unpaired) electrons. The molecule has 0 aliphatic carbocycles. The monoisotopic (exact) mass is 266 g/mol. The predicted octanol–water partition coefficient (Wildman–Crippen LogP) is 1.78. The number of nitrogens with two attached hydrogens (primary N) is 1. The van der Waals surface area contributed by atoms with Crippen LogP contribution in [-0.2, 0) is 15.8 Å². The van der Waals surface area contributed by atoms with Crippen LogP contribution < -0.4 is 11.1 Å². The van der Waals surface area contributed by atoms with E-state index in [0.29, 0.717) is 6.07 Å². The van der Waals surface area contributed by atoms with Gasteiger partial charge in [-0.25, -0.2) is 0 Å². The maximum absolute atomic E-state index is 12.3. The second-order valence-corrected chi connectivity index (χ2v) is 3.42. The third kappa shape index (κ3) is 3.35. The van der Waals surface area contributed by atoms with Crippen molar-refractivity contribution in [1.82, 2.24) is 0 Å². The van der Waals surface area contributed by atoms with E-state index in [1.54, 1.807) is 0 Å². The van der Waals surface area contributed by atoms with Crippen molar-refractivity contribution in [3.8, 4) is 0 Å². The van der Waals surface area contributed by atoms with Crippen molar-refractivity contribution in [1.29, 1.82) is 0 Å². The fourth-order valence-corrected chi connectivity index (χ4v) is 1.15. The van der Waals surface area contributed by atoms with Crippen molar-refractivity contribution in [2.75, 3.05) is 5.32 Å². The SMILES string of the molecule is NC(=O)C(=O)Nc1cc(C(F)(F)F)ccc1Cl. The Morgan fingerprint density at radius 1 is 1.29 bits per heavy atom. The predicted molar refractivity (Wildman–Crippen MR) is 54.3 cm³/mol. The van der Waals surface area contributed by atoms with Crippen molar-refractivity contribution in [3.63, 3.8) is 0 Å². The summed E-state index contributed by atoms with van der Waals surface area (Å²) in [6.45, 7) is 0. The average Bonchev–Trinajstić information content (AvgIpc) is 2.19.